The van der Waals surface area contributed by atoms with E-state index in [1.54, 1.807) is 0 Å². The normalized spacial score (nSPS) is 18.5. The zero-order chi connectivity index (χ0) is 16.8. The topological polar surface area (TPSA) is 55.0 Å². The van der Waals surface area contributed by atoms with Crippen molar-refractivity contribution in [3.63, 3.8) is 0 Å². The number of hydrogen-bond acceptors (Lipinski definition) is 5. The quantitative estimate of drug-likeness (QED) is 0.677. The summed E-state index contributed by atoms with van der Waals surface area (Å²) in [5.74, 6) is 0.0975. The summed E-state index contributed by atoms with van der Waals surface area (Å²) in [6.45, 7) is 2.01. The highest BCUT2D eigenvalue weighted by molar-refractivity contribution is 6.13. The monoisotopic (exact) mass is 332 g/mol. The minimum absolute atomic E-state index is 0.0975. The first-order valence-corrected chi connectivity index (χ1v) is 8.36. The van der Waals surface area contributed by atoms with E-state index in [2.05, 4.69) is 22.2 Å². The van der Waals surface area contributed by atoms with Gasteiger partial charge in [-0.3, -0.25) is 0 Å². The van der Waals surface area contributed by atoms with Crippen molar-refractivity contribution in [3.05, 3.63) is 76.1 Å². The number of hydrogen-bond donors (Lipinski definition) is 0. The molecule has 0 fully saturated rings. The molecule has 0 amide bonds. The Morgan fingerprint density at radius 3 is 2.76 bits per heavy atom. The van der Waals surface area contributed by atoms with E-state index < -0.39 is 0 Å². The van der Waals surface area contributed by atoms with Crippen molar-refractivity contribution in [3.8, 4) is 0 Å². The Bertz CT molecular complexity index is 1040. The molecule has 0 aliphatic carbocycles. The highest BCUT2D eigenvalue weighted by Crippen LogP contribution is 2.37. The van der Waals surface area contributed by atoms with E-state index in [9.17, 15) is 4.79 Å². The van der Waals surface area contributed by atoms with Gasteiger partial charge in [0.2, 0.25) is 0 Å². The van der Waals surface area contributed by atoms with Gasteiger partial charge in [0.05, 0.1) is 11.6 Å². The molecule has 0 spiro atoms. The van der Waals surface area contributed by atoms with Crippen LogP contribution in [0.2, 0.25) is 0 Å². The smallest absolute Gasteiger partial charge is 0.347 e. The number of fused-ring (bicyclic) bond motifs is 5. The molecule has 0 N–H and O–H groups in total. The van der Waals surface area contributed by atoms with Gasteiger partial charge in [0.1, 0.15) is 23.5 Å². The third-order valence-electron chi connectivity index (χ3n) is 4.84. The Morgan fingerprint density at radius 1 is 1.08 bits per heavy atom. The summed E-state index contributed by atoms with van der Waals surface area (Å²) in [7, 11) is 0. The number of nitrogens with zero attached hydrogens (tertiary/aromatic N) is 2. The van der Waals surface area contributed by atoms with Crippen molar-refractivity contribution in [2.24, 2.45) is 11.1 Å². The van der Waals surface area contributed by atoms with Crippen molar-refractivity contribution in [1.29, 1.82) is 0 Å². The molecule has 1 atom stereocenters. The van der Waals surface area contributed by atoms with Crippen LogP contribution in [0.25, 0.3) is 11.0 Å². The highest BCUT2D eigenvalue weighted by Gasteiger charge is 2.38. The zero-order valence-electron chi connectivity index (χ0n) is 13.5. The molecule has 0 saturated heterocycles. The van der Waals surface area contributed by atoms with Crippen LogP contribution in [-0.2, 0) is 11.4 Å². The summed E-state index contributed by atoms with van der Waals surface area (Å²) in [6.07, 6.45) is 0. The zero-order valence-corrected chi connectivity index (χ0v) is 13.5. The summed E-state index contributed by atoms with van der Waals surface area (Å²) >= 11 is 0. The van der Waals surface area contributed by atoms with Crippen LogP contribution in [0.15, 0.2) is 69.0 Å². The van der Waals surface area contributed by atoms with Crippen LogP contribution in [0.5, 0.6) is 0 Å². The maximum Gasteiger partial charge on any atom is 0.347 e. The second-order valence-electron chi connectivity index (χ2n) is 6.44. The van der Waals surface area contributed by atoms with Gasteiger partial charge in [-0.2, -0.15) is 0 Å². The molecular weight excluding hydrogens is 316 g/mol. The van der Waals surface area contributed by atoms with Crippen molar-refractivity contribution in [1.82, 2.24) is 0 Å². The largest absolute Gasteiger partial charge is 0.422 e. The molecule has 5 nitrogen and oxygen atoms in total. The Morgan fingerprint density at radius 2 is 1.88 bits per heavy atom. The minimum Gasteiger partial charge on any atom is -0.422 e. The highest BCUT2D eigenvalue weighted by atomic mass is 16.6. The molecule has 1 unspecified atom stereocenters. The summed E-state index contributed by atoms with van der Waals surface area (Å²) in [6, 6.07) is 17.9. The van der Waals surface area contributed by atoms with E-state index >= 15 is 0 Å². The Hall–Kier alpha value is -3.08. The van der Waals surface area contributed by atoms with Gasteiger partial charge in [0.15, 0.2) is 0 Å². The molecule has 3 aromatic rings. The summed E-state index contributed by atoms with van der Waals surface area (Å²) < 4.78 is 5.55. The molecule has 25 heavy (non-hydrogen) atoms. The molecule has 0 radical (unpaired) electrons. The Labute approximate surface area is 144 Å². The second-order valence-corrected chi connectivity index (χ2v) is 6.44. The van der Waals surface area contributed by atoms with E-state index in [0.717, 1.165) is 29.9 Å². The Balaban J connectivity index is 1.75. The maximum absolute atomic E-state index is 12.7. The summed E-state index contributed by atoms with van der Waals surface area (Å²) in [5.41, 5.74) is 3.62. The van der Waals surface area contributed by atoms with Crippen molar-refractivity contribution < 1.29 is 9.25 Å². The van der Waals surface area contributed by atoms with Gasteiger partial charge < -0.3 is 14.2 Å². The van der Waals surface area contributed by atoms with Gasteiger partial charge >= 0.3 is 5.63 Å². The van der Waals surface area contributed by atoms with Gasteiger partial charge in [-0.05, 0) is 17.7 Å². The molecule has 124 valence electrons. The molecule has 5 rings (SSSR count). The molecule has 1 aromatic heterocycles. The van der Waals surface area contributed by atoms with E-state index in [-0.39, 0.29) is 11.5 Å². The van der Waals surface area contributed by atoms with E-state index in [1.807, 2.05) is 42.5 Å². The fraction of sp³-hybridized carbons (Fsp3) is 0.200. The lowest BCUT2D eigenvalue weighted by Crippen LogP contribution is -2.41. The maximum atomic E-state index is 12.7. The van der Waals surface area contributed by atoms with E-state index in [1.165, 1.54) is 5.56 Å². The lowest BCUT2D eigenvalue weighted by Gasteiger charge is -2.34. The first-order valence-electron chi connectivity index (χ1n) is 8.36. The lowest BCUT2D eigenvalue weighted by atomic mass is 9.90. The first kappa shape index (κ1) is 14.3. The molecule has 0 bridgehead atoms. The molecule has 0 saturated carbocycles. The van der Waals surface area contributed by atoms with Crippen molar-refractivity contribution in [2.45, 2.75) is 6.54 Å². The lowest BCUT2D eigenvalue weighted by molar-refractivity contribution is 0.155. The SMILES string of the molecule is O=c1oc2ccccc2c2c1C1=NOCC1CN2Cc1ccccc1. The van der Waals surface area contributed by atoms with Crippen LogP contribution in [0.4, 0.5) is 5.69 Å². The molecule has 2 aromatic carbocycles. The molecule has 5 heteroatoms. The van der Waals surface area contributed by atoms with Gasteiger partial charge in [-0.1, -0.05) is 47.6 Å². The first-order chi connectivity index (χ1) is 12.3. The molecular formula is C20H16N2O3. The number of para-hydroxylation sites is 1. The van der Waals surface area contributed by atoms with Crippen molar-refractivity contribution in [2.75, 3.05) is 18.1 Å². The van der Waals surface area contributed by atoms with Crippen LogP contribution in [0.1, 0.15) is 11.1 Å². The summed E-state index contributed by atoms with van der Waals surface area (Å²) in [4.78, 5) is 20.2. The van der Waals surface area contributed by atoms with Crippen LogP contribution in [-0.4, -0.2) is 18.9 Å². The molecule has 2 aliphatic rings. The molecule has 3 heterocycles. The predicted molar refractivity (Wildman–Crippen MR) is 96.0 cm³/mol. The van der Waals surface area contributed by atoms with Crippen LogP contribution >= 0.6 is 0 Å². The van der Waals surface area contributed by atoms with Gasteiger partial charge in [0, 0.05) is 18.5 Å². The third-order valence-corrected chi connectivity index (χ3v) is 4.84. The number of oxime groups is 1. The van der Waals surface area contributed by atoms with Crippen molar-refractivity contribution >= 4 is 22.4 Å². The fourth-order valence-electron chi connectivity index (χ4n) is 3.73. The van der Waals surface area contributed by atoms with Gasteiger partial charge in [-0.15, -0.1) is 0 Å². The number of benzene rings is 2. The predicted octanol–water partition coefficient (Wildman–Crippen LogP) is 3.16. The van der Waals surface area contributed by atoms with E-state index in [0.29, 0.717) is 17.8 Å². The summed E-state index contributed by atoms with van der Waals surface area (Å²) in [5, 5.41) is 5.07. The van der Waals surface area contributed by atoms with Crippen LogP contribution in [0, 0.1) is 5.92 Å². The van der Waals surface area contributed by atoms with Gasteiger partial charge in [-0.25, -0.2) is 4.79 Å². The number of rotatable bonds is 2. The van der Waals surface area contributed by atoms with Crippen LogP contribution in [0.3, 0.4) is 0 Å². The second kappa shape index (κ2) is 5.48. The molecule has 2 aliphatic heterocycles. The minimum atomic E-state index is -0.347. The van der Waals surface area contributed by atoms with Crippen LogP contribution < -0.4 is 10.5 Å². The van der Waals surface area contributed by atoms with Gasteiger partial charge in [0.25, 0.3) is 0 Å². The average Bonchev–Trinajstić information content (AvgIpc) is 3.10. The number of anilines is 1. The average molecular weight is 332 g/mol. The Kier molecular flexibility index (Phi) is 3.13. The third kappa shape index (κ3) is 2.23. The van der Waals surface area contributed by atoms with E-state index in [4.69, 9.17) is 9.25 Å². The fourth-order valence-corrected chi connectivity index (χ4v) is 3.73. The standard InChI is InChI=1S/C20H16N2O3/c23-20-17-18-14(12-24-21-18)11-22(10-13-6-2-1-3-7-13)19(17)15-8-4-5-9-16(15)25-20/h1-9,14H,10-12H2.